The van der Waals surface area contributed by atoms with E-state index in [2.05, 4.69) is 22.5 Å². The first-order valence-electron chi connectivity index (χ1n) is 11.2. The molecule has 0 spiro atoms. The third-order valence-corrected chi connectivity index (χ3v) is 7.04. The van der Waals surface area contributed by atoms with Crippen LogP contribution in [0.15, 0.2) is 73.4 Å². The van der Waals surface area contributed by atoms with Crippen LogP contribution in [-0.2, 0) is 4.74 Å². The minimum absolute atomic E-state index is 0.120. The number of carbonyl (C=O) groups is 1. The Kier molecular flexibility index (Phi) is 5.66. The number of rotatable bonds is 6. The Labute approximate surface area is 188 Å². The second kappa shape index (κ2) is 8.75. The largest absolute Gasteiger partial charge is 0.497 e. The summed E-state index contributed by atoms with van der Waals surface area (Å²) in [6.45, 7) is 6.03. The lowest BCUT2D eigenvalue weighted by Gasteiger charge is -2.51. The second-order valence-electron chi connectivity index (χ2n) is 8.72. The van der Waals surface area contributed by atoms with Gasteiger partial charge in [-0.3, -0.25) is 9.88 Å². The van der Waals surface area contributed by atoms with E-state index in [-0.39, 0.29) is 12.0 Å². The molecule has 5 atom stereocenters. The van der Waals surface area contributed by atoms with E-state index in [4.69, 9.17) is 9.47 Å². The SMILES string of the molecule is C=CC1CN2CCC1C[C@@H]2[C@@H](OC(=O)c1ccccc1)c1ccnc2ccc(OC)cc12. The first-order valence-corrected chi connectivity index (χ1v) is 11.2. The number of carbonyl (C=O) groups excluding carboxylic acids is 1. The van der Waals surface area contributed by atoms with Crippen LogP contribution >= 0.6 is 0 Å². The molecule has 3 unspecified atom stereocenters. The Morgan fingerprint density at radius 3 is 2.78 bits per heavy atom. The van der Waals surface area contributed by atoms with E-state index < -0.39 is 6.10 Å². The summed E-state index contributed by atoms with van der Waals surface area (Å²) < 4.78 is 11.8. The predicted molar refractivity (Wildman–Crippen MR) is 125 cm³/mol. The maximum atomic E-state index is 13.2. The van der Waals surface area contributed by atoms with Crippen LogP contribution in [0.3, 0.4) is 0 Å². The van der Waals surface area contributed by atoms with Gasteiger partial charge in [0.05, 0.1) is 24.2 Å². The number of nitrogens with zero attached hydrogens (tertiary/aromatic N) is 2. The molecule has 3 aliphatic rings. The van der Waals surface area contributed by atoms with Gasteiger partial charge in [-0.2, -0.15) is 0 Å². The van der Waals surface area contributed by atoms with Gasteiger partial charge >= 0.3 is 5.97 Å². The van der Waals surface area contributed by atoms with Gasteiger partial charge in [0.2, 0.25) is 0 Å². The van der Waals surface area contributed by atoms with Gasteiger partial charge in [0.1, 0.15) is 11.9 Å². The molecule has 164 valence electrons. The molecule has 0 amide bonds. The van der Waals surface area contributed by atoms with Crippen LogP contribution in [-0.4, -0.2) is 42.1 Å². The zero-order valence-electron chi connectivity index (χ0n) is 18.3. The lowest BCUT2D eigenvalue weighted by Crippen LogP contribution is -2.55. The maximum Gasteiger partial charge on any atom is 0.338 e. The van der Waals surface area contributed by atoms with Crippen molar-refractivity contribution in [2.45, 2.75) is 25.0 Å². The second-order valence-corrected chi connectivity index (χ2v) is 8.72. The van der Waals surface area contributed by atoms with E-state index in [0.717, 1.165) is 48.1 Å². The third-order valence-electron chi connectivity index (χ3n) is 7.04. The number of benzene rings is 2. The summed E-state index contributed by atoms with van der Waals surface area (Å²) in [5.41, 5.74) is 2.41. The molecule has 0 N–H and O–H groups in total. The number of ether oxygens (including phenoxy) is 2. The molecule has 2 aromatic carbocycles. The molecule has 3 fully saturated rings. The summed E-state index contributed by atoms with van der Waals surface area (Å²) >= 11 is 0. The normalized spacial score (nSPS) is 25.3. The standard InChI is InChI=1S/C27H28N2O3/c1-3-18-17-29-14-12-20(18)15-25(29)26(32-27(30)19-7-5-4-6-8-19)22-11-13-28-24-10-9-21(31-2)16-23(22)24/h3-11,13,16,18,20,25-26H,1,12,14-15,17H2,2H3/t18?,20?,25-,26+/m1/s1. The van der Waals surface area contributed by atoms with Crippen LogP contribution in [0.25, 0.3) is 10.9 Å². The van der Waals surface area contributed by atoms with E-state index in [0.29, 0.717) is 17.4 Å². The van der Waals surface area contributed by atoms with Crippen molar-refractivity contribution < 1.29 is 14.3 Å². The number of piperidine rings is 3. The summed E-state index contributed by atoms with van der Waals surface area (Å²) in [5.74, 6) is 1.53. The molecule has 6 rings (SSSR count). The highest BCUT2D eigenvalue weighted by atomic mass is 16.5. The van der Waals surface area contributed by atoms with Crippen molar-refractivity contribution in [1.29, 1.82) is 0 Å². The topological polar surface area (TPSA) is 51.7 Å². The molecule has 3 saturated heterocycles. The fraction of sp³-hybridized carbons (Fsp3) is 0.333. The summed E-state index contributed by atoms with van der Waals surface area (Å²) in [6.07, 6.45) is 5.64. The first-order chi connectivity index (χ1) is 15.7. The Morgan fingerprint density at radius 1 is 1.22 bits per heavy atom. The van der Waals surface area contributed by atoms with E-state index in [9.17, 15) is 4.79 Å². The highest BCUT2D eigenvalue weighted by Crippen LogP contribution is 2.43. The summed E-state index contributed by atoms with van der Waals surface area (Å²) in [7, 11) is 1.66. The molecule has 1 aromatic heterocycles. The van der Waals surface area contributed by atoms with Crippen molar-refractivity contribution in [2.75, 3.05) is 20.2 Å². The van der Waals surface area contributed by atoms with Gasteiger partial charge < -0.3 is 9.47 Å². The molecule has 3 aromatic rings. The monoisotopic (exact) mass is 428 g/mol. The van der Waals surface area contributed by atoms with E-state index in [1.807, 2.05) is 42.5 Å². The Balaban J connectivity index is 1.57. The average molecular weight is 429 g/mol. The van der Waals surface area contributed by atoms with Gasteiger partial charge in [-0.15, -0.1) is 6.58 Å². The minimum Gasteiger partial charge on any atom is -0.497 e. The molecule has 4 heterocycles. The van der Waals surface area contributed by atoms with E-state index in [1.54, 1.807) is 25.4 Å². The Morgan fingerprint density at radius 2 is 2.06 bits per heavy atom. The lowest BCUT2D eigenvalue weighted by molar-refractivity contribution is -0.0568. The first kappa shape index (κ1) is 20.7. The quantitative estimate of drug-likeness (QED) is 0.407. The summed E-state index contributed by atoms with van der Waals surface area (Å²) in [5, 5.41) is 0.959. The minimum atomic E-state index is -0.395. The average Bonchev–Trinajstić information content (AvgIpc) is 2.87. The fourth-order valence-electron chi connectivity index (χ4n) is 5.32. The highest BCUT2D eigenvalue weighted by molar-refractivity contribution is 5.90. The van der Waals surface area contributed by atoms with Gasteiger partial charge in [0.25, 0.3) is 0 Å². The third kappa shape index (κ3) is 3.78. The lowest BCUT2D eigenvalue weighted by atomic mass is 9.73. The van der Waals surface area contributed by atoms with E-state index >= 15 is 0 Å². The number of pyridine rings is 1. The molecule has 32 heavy (non-hydrogen) atoms. The number of hydrogen-bond acceptors (Lipinski definition) is 5. The number of fused-ring (bicyclic) bond motifs is 4. The van der Waals surface area contributed by atoms with Crippen molar-refractivity contribution in [3.05, 3.63) is 84.6 Å². The molecule has 0 radical (unpaired) electrons. The molecule has 5 heteroatoms. The molecule has 0 saturated carbocycles. The molecule has 3 aliphatic heterocycles. The molecular weight excluding hydrogens is 400 g/mol. The van der Waals surface area contributed by atoms with Crippen molar-refractivity contribution >= 4 is 16.9 Å². The zero-order valence-corrected chi connectivity index (χ0v) is 18.3. The van der Waals surface area contributed by atoms with Crippen LogP contribution in [0.4, 0.5) is 0 Å². The van der Waals surface area contributed by atoms with Gasteiger partial charge in [-0.1, -0.05) is 24.3 Å². The Bertz CT molecular complexity index is 1130. The highest BCUT2D eigenvalue weighted by Gasteiger charge is 2.44. The van der Waals surface area contributed by atoms with Crippen molar-refractivity contribution in [1.82, 2.24) is 9.88 Å². The molecule has 5 nitrogen and oxygen atoms in total. The zero-order chi connectivity index (χ0) is 22.1. The number of hydrogen-bond donors (Lipinski definition) is 0. The van der Waals surface area contributed by atoms with Crippen LogP contribution in [0, 0.1) is 11.8 Å². The summed E-state index contributed by atoms with van der Waals surface area (Å²) in [6, 6.07) is 17.2. The van der Waals surface area contributed by atoms with Crippen LogP contribution in [0.1, 0.15) is 34.9 Å². The maximum absolute atomic E-state index is 13.2. The van der Waals surface area contributed by atoms with E-state index in [1.165, 1.54) is 0 Å². The Hall–Kier alpha value is -3.18. The van der Waals surface area contributed by atoms with Crippen LogP contribution in [0.5, 0.6) is 5.75 Å². The number of methoxy groups -OCH3 is 1. The molecular formula is C27H28N2O3. The molecule has 0 aliphatic carbocycles. The van der Waals surface area contributed by atoms with Gasteiger partial charge in [0, 0.05) is 23.7 Å². The van der Waals surface area contributed by atoms with Crippen LogP contribution in [0.2, 0.25) is 0 Å². The van der Waals surface area contributed by atoms with Crippen molar-refractivity contribution in [3.63, 3.8) is 0 Å². The number of aromatic nitrogens is 1. The van der Waals surface area contributed by atoms with Crippen LogP contribution < -0.4 is 4.74 Å². The number of esters is 1. The van der Waals surface area contributed by atoms with Gasteiger partial charge in [-0.25, -0.2) is 4.79 Å². The smallest absolute Gasteiger partial charge is 0.338 e. The van der Waals surface area contributed by atoms with Crippen molar-refractivity contribution in [3.8, 4) is 5.75 Å². The predicted octanol–water partition coefficient (Wildman–Crippen LogP) is 5.04. The van der Waals surface area contributed by atoms with Crippen molar-refractivity contribution in [2.24, 2.45) is 11.8 Å². The van der Waals surface area contributed by atoms with Gasteiger partial charge in [0.15, 0.2) is 0 Å². The summed E-state index contributed by atoms with van der Waals surface area (Å²) in [4.78, 5) is 20.2. The molecule has 2 bridgehead atoms. The van der Waals surface area contributed by atoms with Gasteiger partial charge in [-0.05, 0) is 67.6 Å². The fourth-order valence-corrected chi connectivity index (χ4v) is 5.32.